The first-order valence-electron chi connectivity index (χ1n) is 7.93. The predicted molar refractivity (Wildman–Crippen MR) is 92.0 cm³/mol. The summed E-state index contributed by atoms with van der Waals surface area (Å²) in [6, 6.07) is 8.44. The molecule has 0 N–H and O–H groups in total. The molecule has 2 aromatic rings. The summed E-state index contributed by atoms with van der Waals surface area (Å²) in [5.74, 6) is 2.04. The second-order valence-electron chi connectivity index (χ2n) is 5.97. The van der Waals surface area contributed by atoms with E-state index in [9.17, 15) is 4.79 Å². The van der Waals surface area contributed by atoms with Crippen molar-refractivity contribution in [1.29, 1.82) is 0 Å². The minimum atomic E-state index is 0.220. The molecule has 0 saturated carbocycles. The van der Waals surface area contributed by atoms with Gasteiger partial charge < -0.3 is 9.47 Å². The molecule has 1 unspecified atom stereocenters. The van der Waals surface area contributed by atoms with Gasteiger partial charge in [0.1, 0.15) is 12.4 Å². The van der Waals surface area contributed by atoms with E-state index in [-0.39, 0.29) is 5.91 Å². The van der Waals surface area contributed by atoms with Gasteiger partial charge in [-0.3, -0.25) is 4.79 Å². The van der Waals surface area contributed by atoms with Crippen LogP contribution >= 0.6 is 11.8 Å². The van der Waals surface area contributed by atoms with Crippen LogP contribution in [0.25, 0.3) is 11.0 Å². The molecule has 0 bridgehead atoms. The fourth-order valence-corrected chi connectivity index (χ4v) is 3.71. The van der Waals surface area contributed by atoms with Crippen LogP contribution in [-0.4, -0.2) is 39.2 Å². The standard InChI is InChI=1S/C17H23N3OS/c1-13-7-5-6-10-19(13)17(21)11-20-15-9-4-3-8-14(15)18-16(20)12-22-2/h3-4,8-9,13H,5-7,10-12H2,1-2H3. The number of imidazole rings is 1. The Morgan fingerprint density at radius 1 is 1.36 bits per heavy atom. The highest BCUT2D eigenvalue weighted by atomic mass is 32.2. The van der Waals surface area contributed by atoms with Gasteiger partial charge in [-0.05, 0) is 44.6 Å². The molecular formula is C17H23N3OS. The number of rotatable bonds is 4. The lowest BCUT2D eigenvalue weighted by Crippen LogP contribution is -2.43. The minimum Gasteiger partial charge on any atom is -0.338 e. The Morgan fingerprint density at radius 3 is 2.95 bits per heavy atom. The average molecular weight is 317 g/mol. The molecule has 22 heavy (non-hydrogen) atoms. The third-order valence-corrected chi connectivity index (χ3v) is 4.97. The molecule has 1 aromatic heterocycles. The number of amides is 1. The molecule has 1 fully saturated rings. The van der Waals surface area contributed by atoms with Crippen molar-refractivity contribution in [2.75, 3.05) is 12.8 Å². The molecule has 1 aliphatic heterocycles. The number of fused-ring (bicyclic) bond motifs is 1. The lowest BCUT2D eigenvalue weighted by molar-refractivity contribution is -0.135. The molecule has 118 valence electrons. The molecule has 1 aliphatic rings. The number of piperidine rings is 1. The first-order valence-corrected chi connectivity index (χ1v) is 9.32. The third kappa shape index (κ3) is 3.00. The van der Waals surface area contributed by atoms with Gasteiger partial charge in [0.15, 0.2) is 0 Å². The van der Waals surface area contributed by atoms with Crippen molar-refractivity contribution in [3.8, 4) is 0 Å². The van der Waals surface area contributed by atoms with E-state index < -0.39 is 0 Å². The number of likely N-dealkylation sites (tertiary alicyclic amines) is 1. The van der Waals surface area contributed by atoms with Crippen LogP contribution < -0.4 is 0 Å². The summed E-state index contributed by atoms with van der Waals surface area (Å²) < 4.78 is 2.09. The fourth-order valence-electron chi connectivity index (χ4n) is 3.24. The summed E-state index contributed by atoms with van der Waals surface area (Å²) in [5.41, 5.74) is 2.04. The molecule has 0 spiro atoms. The largest absolute Gasteiger partial charge is 0.338 e. The molecule has 3 rings (SSSR count). The average Bonchev–Trinajstić information content (AvgIpc) is 2.86. The van der Waals surface area contributed by atoms with E-state index in [1.165, 1.54) is 6.42 Å². The normalized spacial score (nSPS) is 18.8. The maximum atomic E-state index is 12.7. The number of hydrogen-bond donors (Lipinski definition) is 0. The van der Waals surface area contributed by atoms with Crippen LogP contribution in [0.5, 0.6) is 0 Å². The predicted octanol–water partition coefficient (Wildman–Crippen LogP) is 3.30. The topological polar surface area (TPSA) is 38.1 Å². The van der Waals surface area contributed by atoms with E-state index in [2.05, 4.69) is 23.8 Å². The SMILES string of the molecule is CSCc1nc2ccccc2n1CC(=O)N1CCCCC1C. The Morgan fingerprint density at radius 2 is 2.18 bits per heavy atom. The third-order valence-electron chi connectivity index (χ3n) is 4.42. The monoisotopic (exact) mass is 317 g/mol. The van der Waals surface area contributed by atoms with Crippen molar-refractivity contribution >= 4 is 28.7 Å². The summed E-state index contributed by atoms with van der Waals surface area (Å²) in [6.07, 6.45) is 5.54. The molecule has 0 aliphatic carbocycles. The Balaban J connectivity index is 1.88. The number of hydrogen-bond acceptors (Lipinski definition) is 3. The van der Waals surface area contributed by atoms with Crippen molar-refractivity contribution in [3.05, 3.63) is 30.1 Å². The van der Waals surface area contributed by atoms with E-state index in [4.69, 9.17) is 4.98 Å². The van der Waals surface area contributed by atoms with Gasteiger partial charge in [-0.1, -0.05) is 12.1 Å². The molecule has 1 amide bonds. The van der Waals surface area contributed by atoms with Gasteiger partial charge in [-0.2, -0.15) is 11.8 Å². The van der Waals surface area contributed by atoms with Crippen molar-refractivity contribution in [1.82, 2.24) is 14.5 Å². The number of para-hydroxylation sites is 2. The highest BCUT2D eigenvalue weighted by Crippen LogP contribution is 2.21. The van der Waals surface area contributed by atoms with Crippen molar-refractivity contribution in [2.24, 2.45) is 0 Å². The van der Waals surface area contributed by atoms with Crippen LogP contribution in [0.1, 0.15) is 32.0 Å². The highest BCUT2D eigenvalue weighted by Gasteiger charge is 2.24. The quantitative estimate of drug-likeness (QED) is 0.868. The van der Waals surface area contributed by atoms with E-state index in [1.54, 1.807) is 11.8 Å². The van der Waals surface area contributed by atoms with Crippen molar-refractivity contribution < 1.29 is 4.79 Å². The van der Waals surface area contributed by atoms with Gasteiger partial charge in [0, 0.05) is 12.6 Å². The molecule has 0 radical (unpaired) electrons. The van der Waals surface area contributed by atoms with Crippen LogP contribution in [0.4, 0.5) is 0 Å². The van der Waals surface area contributed by atoms with Gasteiger partial charge in [-0.15, -0.1) is 0 Å². The van der Waals surface area contributed by atoms with Crippen LogP contribution in [0.3, 0.4) is 0 Å². The molecule has 5 heteroatoms. The van der Waals surface area contributed by atoms with Crippen molar-refractivity contribution in [3.63, 3.8) is 0 Å². The van der Waals surface area contributed by atoms with Crippen molar-refractivity contribution in [2.45, 2.75) is 44.5 Å². The number of thioether (sulfide) groups is 1. The smallest absolute Gasteiger partial charge is 0.242 e. The Hall–Kier alpha value is -1.49. The molecule has 2 heterocycles. The van der Waals surface area contributed by atoms with E-state index >= 15 is 0 Å². The zero-order valence-corrected chi connectivity index (χ0v) is 14.1. The van der Waals surface area contributed by atoms with Crippen LogP contribution in [0.15, 0.2) is 24.3 Å². The molecule has 4 nitrogen and oxygen atoms in total. The van der Waals surface area contributed by atoms with Crippen LogP contribution in [-0.2, 0) is 17.1 Å². The molecular weight excluding hydrogens is 294 g/mol. The lowest BCUT2D eigenvalue weighted by atomic mass is 10.0. The Kier molecular flexibility index (Phi) is 4.71. The van der Waals surface area contributed by atoms with Gasteiger partial charge in [0.25, 0.3) is 0 Å². The molecule has 1 aromatic carbocycles. The second kappa shape index (κ2) is 6.73. The fraction of sp³-hybridized carbons (Fsp3) is 0.529. The number of carbonyl (C=O) groups excluding carboxylic acids is 1. The summed E-state index contributed by atoms with van der Waals surface area (Å²) in [4.78, 5) is 19.5. The van der Waals surface area contributed by atoms with E-state index in [1.807, 2.05) is 23.1 Å². The number of carbonyl (C=O) groups is 1. The Bertz CT molecular complexity index is 667. The van der Waals surface area contributed by atoms with Crippen LogP contribution in [0, 0.1) is 0 Å². The second-order valence-corrected chi connectivity index (χ2v) is 6.83. The first kappa shape index (κ1) is 15.4. The summed E-state index contributed by atoms with van der Waals surface area (Å²) in [5, 5.41) is 0. The van der Waals surface area contributed by atoms with Gasteiger partial charge in [-0.25, -0.2) is 4.98 Å². The summed E-state index contributed by atoms with van der Waals surface area (Å²) >= 11 is 1.74. The maximum absolute atomic E-state index is 12.7. The van der Waals surface area contributed by atoms with Gasteiger partial charge in [0.05, 0.1) is 16.8 Å². The summed E-state index contributed by atoms with van der Waals surface area (Å²) in [6.45, 7) is 3.46. The highest BCUT2D eigenvalue weighted by molar-refractivity contribution is 7.97. The van der Waals surface area contributed by atoms with Crippen LogP contribution in [0.2, 0.25) is 0 Å². The minimum absolute atomic E-state index is 0.220. The molecule has 1 atom stereocenters. The number of aromatic nitrogens is 2. The number of benzene rings is 1. The van der Waals surface area contributed by atoms with E-state index in [0.29, 0.717) is 12.6 Å². The number of nitrogens with zero attached hydrogens (tertiary/aromatic N) is 3. The first-order chi connectivity index (χ1) is 10.7. The Labute approximate surface area is 135 Å². The zero-order chi connectivity index (χ0) is 15.5. The lowest BCUT2D eigenvalue weighted by Gasteiger charge is -2.33. The molecule has 1 saturated heterocycles. The maximum Gasteiger partial charge on any atom is 0.242 e. The van der Waals surface area contributed by atoms with Gasteiger partial charge >= 0.3 is 0 Å². The van der Waals surface area contributed by atoms with Gasteiger partial charge in [0.2, 0.25) is 5.91 Å². The zero-order valence-electron chi connectivity index (χ0n) is 13.3. The van der Waals surface area contributed by atoms with E-state index in [0.717, 1.165) is 42.0 Å². The summed E-state index contributed by atoms with van der Waals surface area (Å²) in [7, 11) is 0.